The van der Waals surface area contributed by atoms with E-state index in [9.17, 15) is 5.26 Å². The van der Waals surface area contributed by atoms with Gasteiger partial charge in [0.25, 0.3) is 0 Å². The molecular formula is C25H24N4O3. The molecule has 0 unspecified atom stereocenters. The lowest BCUT2D eigenvalue weighted by Crippen LogP contribution is -2.46. The zero-order chi connectivity index (χ0) is 21.5. The van der Waals surface area contributed by atoms with Crippen molar-refractivity contribution in [1.82, 2.24) is 9.88 Å². The molecule has 2 atom stereocenters. The van der Waals surface area contributed by atoms with E-state index in [1.54, 1.807) is 0 Å². The highest BCUT2D eigenvalue weighted by molar-refractivity contribution is 5.49. The SMILES string of the molecule is N#Cc1nc([C@H]2C[C@H]2c2ccccc2)oc1N1CCN(Cc2ccc3c(c2)OCO3)CC1. The number of fused-ring (bicyclic) bond motifs is 1. The summed E-state index contributed by atoms with van der Waals surface area (Å²) in [5.41, 5.74) is 2.93. The average molecular weight is 428 g/mol. The third-order valence-electron chi connectivity index (χ3n) is 6.57. The zero-order valence-corrected chi connectivity index (χ0v) is 17.7. The molecule has 3 aliphatic rings. The van der Waals surface area contributed by atoms with E-state index in [1.165, 1.54) is 11.1 Å². The van der Waals surface area contributed by atoms with Crippen molar-refractivity contribution in [3.05, 3.63) is 71.2 Å². The molecule has 0 amide bonds. The molecule has 0 radical (unpaired) electrons. The second-order valence-electron chi connectivity index (χ2n) is 8.63. The normalized spacial score (nSPS) is 22.0. The maximum absolute atomic E-state index is 9.64. The van der Waals surface area contributed by atoms with Gasteiger partial charge in [-0.25, -0.2) is 4.98 Å². The largest absolute Gasteiger partial charge is 0.454 e. The standard InChI is InChI=1S/C25H24N4O3/c26-14-21-25(32-24(27-21)20-13-19(20)18-4-2-1-3-5-18)29-10-8-28(9-11-29)15-17-6-7-22-23(12-17)31-16-30-22/h1-7,12,19-20H,8-11,13,15-16H2/t19-,20-/m0/s1. The van der Waals surface area contributed by atoms with Crippen LogP contribution < -0.4 is 14.4 Å². The van der Waals surface area contributed by atoms with Gasteiger partial charge >= 0.3 is 0 Å². The van der Waals surface area contributed by atoms with Gasteiger partial charge in [-0.05, 0) is 35.6 Å². The van der Waals surface area contributed by atoms with E-state index < -0.39 is 0 Å². The molecule has 1 saturated heterocycles. The van der Waals surface area contributed by atoms with E-state index in [2.05, 4.69) is 57.3 Å². The average Bonchev–Trinajstić information content (AvgIpc) is 3.30. The summed E-state index contributed by atoms with van der Waals surface area (Å²) in [6.45, 7) is 4.56. The number of benzene rings is 2. The highest BCUT2D eigenvalue weighted by Crippen LogP contribution is 2.54. The molecule has 7 heteroatoms. The quantitative estimate of drug-likeness (QED) is 0.611. The second-order valence-corrected chi connectivity index (χ2v) is 8.63. The fourth-order valence-corrected chi connectivity index (χ4v) is 4.72. The fraction of sp³-hybridized carbons (Fsp3) is 0.360. The predicted octanol–water partition coefficient (Wildman–Crippen LogP) is 3.87. The third-order valence-corrected chi connectivity index (χ3v) is 6.57. The Kier molecular flexibility index (Phi) is 4.73. The molecule has 3 aromatic rings. The van der Waals surface area contributed by atoms with Crippen molar-refractivity contribution in [1.29, 1.82) is 5.26 Å². The topological polar surface area (TPSA) is 74.8 Å². The summed E-state index contributed by atoms with van der Waals surface area (Å²) in [4.78, 5) is 9.12. The van der Waals surface area contributed by atoms with Gasteiger partial charge in [-0.15, -0.1) is 0 Å². The van der Waals surface area contributed by atoms with E-state index >= 15 is 0 Å². The molecule has 1 aromatic heterocycles. The molecule has 1 saturated carbocycles. The monoisotopic (exact) mass is 428 g/mol. The third kappa shape index (κ3) is 3.57. The van der Waals surface area contributed by atoms with Crippen molar-refractivity contribution in [3.63, 3.8) is 0 Å². The summed E-state index contributed by atoms with van der Waals surface area (Å²) in [7, 11) is 0. The lowest BCUT2D eigenvalue weighted by atomic mass is 10.1. The minimum atomic E-state index is 0.269. The van der Waals surface area contributed by atoms with Crippen LogP contribution in [0.15, 0.2) is 52.9 Å². The van der Waals surface area contributed by atoms with Crippen LogP contribution in [0.2, 0.25) is 0 Å². The molecule has 32 heavy (non-hydrogen) atoms. The Morgan fingerprint density at radius 2 is 1.78 bits per heavy atom. The van der Waals surface area contributed by atoms with Gasteiger partial charge in [0.2, 0.25) is 24.3 Å². The van der Waals surface area contributed by atoms with Crippen molar-refractivity contribution >= 4 is 5.88 Å². The van der Waals surface area contributed by atoms with Gasteiger partial charge in [0.15, 0.2) is 11.5 Å². The molecule has 0 spiro atoms. The highest BCUT2D eigenvalue weighted by Gasteiger charge is 2.44. The van der Waals surface area contributed by atoms with Crippen molar-refractivity contribution in [2.75, 3.05) is 37.9 Å². The lowest BCUT2D eigenvalue weighted by Gasteiger charge is -2.34. The van der Waals surface area contributed by atoms with Crippen molar-refractivity contribution < 1.29 is 13.9 Å². The number of aromatic nitrogens is 1. The van der Waals surface area contributed by atoms with Crippen LogP contribution in [0.4, 0.5) is 5.88 Å². The molecule has 0 N–H and O–H groups in total. The molecule has 2 fully saturated rings. The lowest BCUT2D eigenvalue weighted by molar-refractivity contribution is 0.174. The number of rotatable bonds is 5. The first-order valence-electron chi connectivity index (χ1n) is 11.1. The molecule has 7 nitrogen and oxygen atoms in total. The number of oxazole rings is 1. The van der Waals surface area contributed by atoms with Crippen LogP contribution in [-0.2, 0) is 6.54 Å². The highest BCUT2D eigenvalue weighted by atomic mass is 16.7. The first-order valence-corrected chi connectivity index (χ1v) is 11.1. The van der Waals surface area contributed by atoms with Crippen LogP contribution in [0, 0.1) is 11.3 Å². The summed E-state index contributed by atoms with van der Waals surface area (Å²) < 4.78 is 17.1. The number of ether oxygens (including phenoxy) is 2. The van der Waals surface area contributed by atoms with Gasteiger partial charge in [-0.1, -0.05) is 36.4 Å². The van der Waals surface area contributed by atoms with Crippen LogP contribution in [0.5, 0.6) is 11.5 Å². The molecule has 1 aliphatic carbocycles. The van der Waals surface area contributed by atoms with Crippen LogP contribution in [-0.4, -0.2) is 42.9 Å². The molecule has 2 aromatic carbocycles. The first kappa shape index (κ1) is 19.2. The number of nitrogens with zero attached hydrogens (tertiary/aromatic N) is 4. The van der Waals surface area contributed by atoms with Crippen LogP contribution in [0.25, 0.3) is 0 Å². The van der Waals surface area contributed by atoms with Gasteiger partial charge in [-0.3, -0.25) is 4.90 Å². The second kappa shape index (κ2) is 7.88. The van der Waals surface area contributed by atoms with Gasteiger partial charge in [0, 0.05) is 38.6 Å². The summed E-state index contributed by atoms with van der Waals surface area (Å²) in [5.74, 6) is 3.67. The number of nitriles is 1. The Morgan fingerprint density at radius 3 is 2.59 bits per heavy atom. The minimum Gasteiger partial charge on any atom is -0.454 e. The zero-order valence-electron chi connectivity index (χ0n) is 17.7. The molecule has 0 bridgehead atoms. The maximum Gasteiger partial charge on any atom is 0.234 e. The Morgan fingerprint density at radius 1 is 0.969 bits per heavy atom. The van der Waals surface area contributed by atoms with E-state index in [4.69, 9.17) is 13.9 Å². The van der Waals surface area contributed by atoms with Gasteiger partial charge in [0.1, 0.15) is 6.07 Å². The van der Waals surface area contributed by atoms with Gasteiger partial charge in [-0.2, -0.15) is 5.26 Å². The van der Waals surface area contributed by atoms with Gasteiger partial charge < -0.3 is 18.8 Å². The van der Waals surface area contributed by atoms with Crippen molar-refractivity contribution in [3.8, 4) is 17.6 Å². The first-order chi connectivity index (χ1) is 15.8. The number of piperazine rings is 1. The summed E-state index contributed by atoms with van der Waals surface area (Å²) in [6, 6.07) is 18.8. The summed E-state index contributed by atoms with van der Waals surface area (Å²) in [5, 5.41) is 9.64. The smallest absolute Gasteiger partial charge is 0.234 e. The van der Waals surface area contributed by atoms with Crippen molar-refractivity contribution in [2.45, 2.75) is 24.8 Å². The molecule has 6 rings (SSSR count). The Balaban J connectivity index is 1.10. The van der Waals surface area contributed by atoms with Gasteiger partial charge in [0.05, 0.1) is 0 Å². The van der Waals surface area contributed by atoms with E-state index in [0.717, 1.165) is 50.6 Å². The van der Waals surface area contributed by atoms with E-state index in [-0.39, 0.29) is 5.92 Å². The number of anilines is 1. The molecule has 162 valence electrons. The Labute approximate surface area is 186 Å². The Bertz CT molecular complexity index is 1160. The number of hydrogen-bond donors (Lipinski definition) is 0. The van der Waals surface area contributed by atoms with Crippen LogP contribution >= 0.6 is 0 Å². The molecule has 3 heterocycles. The maximum atomic E-state index is 9.64. The van der Waals surface area contributed by atoms with Crippen LogP contribution in [0.3, 0.4) is 0 Å². The number of hydrogen-bond acceptors (Lipinski definition) is 7. The van der Waals surface area contributed by atoms with E-state index in [1.807, 2.05) is 12.1 Å². The summed E-state index contributed by atoms with van der Waals surface area (Å²) >= 11 is 0. The summed E-state index contributed by atoms with van der Waals surface area (Å²) in [6.07, 6.45) is 1.03. The van der Waals surface area contributed by atoms with Crippen molar-refractivity contribution in [2.24, 2.45) is 0 Å². The Hall–Kier alpha value is -3.50. The predicted molar refractivity (Wildman–Crippen MR) is 118 cm³/mol. The minimum absolute atomic E-state index is 0.269. The fourth-order valence-electron chi connectivity index (χ4n) is 4.72. The van der Waals surface area contributed by atoms with Crippen LogP contribution in [0.1, 0.15) is 41.0 Å². The molecule has 2 aliphatic heterocycles. The van der Waals surface area contributed by atoms with E-state index in [0.29, 0.717) is 30.2 Å². The molecular weight excluding hydrogens is 404 g/mol.